The van der Waals surface area contributed by atoms with Gasteiger partial charge in [0.1, 0.15) is 18.1 Å². The molecule has 0 radical (unpaired) electrons. The highest BCUT2D eigenvalue weighted by Crippen LogP contribution is 2.29. The Bertz CT molecular complexity index is 767. The van der Waals surface area contributed by atoms with E-state index in [1.807, 2.05) is 39.0 Å². The summed E-state index contributed by atoms with van der Waals surface area (Å²) in [5.41, 5.74) is -0.358. The molecule has 2 aromatic rings. The number of hydrogen-bond acceptors (Lipinski definition) is 5. The molecular formula is C20H28ClN3O2S. The highest BCUT2D eigenvalue weighted by molar-refractivity contribution is 7.99. The fraction of sp³-hybridized carbons (Fsp3) is 0.550. The maximum absolute atomic E-state index is 12.3. The van der Waals surface area contributed by atoms with Crippen LogP contribution in [0.1, 0.15) is 59.3 Å². The van der Waals surface area contributed by atoms with Gasteiger partial charge in [0.25, 0.3) is 0 Å². The zero-order valence-corrected chi connectivity index (χ0v) is 18.2. The van der Waals surface area contributed by atoms with Crippen molar-refractivity contribution in [3.63, 3.8) is 0 Å². The Balaban J connectivity index is 2.20. The lowest BCUT2D eigenvalue weighted by Crippen LogP contribution is -2.22. The molecular weight excluding hydrogens is 382 g/mol. The topological polar surface area (TPSA) is 57.0 Å². The second-order valence-corrected chi connectivity index (χ2v) is 8.77. The van der Waals surface area contributed by atoms with Gasteiger partial charge in [0.2, 0.25) is 0 Å². The molecule has 0 amide bonds. The van der Waals surface area contributed by atoms with Crippen molar-refractivity contribution >= 4 is 29.1 Å². The van der Waals surface area contributed by atoms with E-state index in [-0.39, 0.29) is 23.8 Å². The molecule has 1 heterocycles. The quantitative estimate of drug-likeness (QED) is 0.506. The minimum atomic E-state index is -0.358. The van der Waals surface area contributed by atoms with Gasteiger partial charge in [0.15, 0.2) is 11.0 Å². The van der Waals surface area contributed by atoms with Crippen LogP contribution in [-0.2, 0) is 11.4 Å². The van der Waals surface area contributed by atoms with E-state index in [1.54, 1.807) is 6.07 Å². The summed E-state index contributed by atoms with van der Waals surface area (Å²) in [5.74, 6) is 1.94. The molecule has 0 aliphatic heterocycles. The van der Waals surface area contributed by atoms with Gasteiger partial charge < -0.3 is 9.30 Å². The van der Waals surface area contributed by atoms with Crippen molar-refractivity contribution in [1.29, 1.82) is 0 Å². The van der Waals surface area contributed by atoms with Gasteiger partial charge in [-0.05, 0) is 25.0 Å². The first-order valence-electron chi connectivity index (χ1n) is 9.25. The van der Waals surface area contributed by atoms with Crippen molar-refractivity contribution in [2.45, 2.75) is 65.3 Å². The second kappa shape index (κ2) is 9.60. The summed E-state index contributed by atoms with van der Waals surface area (Å²) < 4.78 is 7.97. The summed E-state index contributed by atoms with van der Waals surface area (Å²) in [6.07, 6.45) is 1.91. The van der Waals surface area contributed by atoms with Crippen LogP contribution in [0.3, 0.4) is 0 Å². The van der Waals surface area contributed by atoms with Gasteiger partial charge in [0, 0.05) is 11.5 Å². The SMILES string of the molecule is CCC(CC)n1c(COc2ccccc2Cl)nnc1SCC(=O)C(C)(C)C. The van der Waals surface area contributed by atoms with Crippen LogP contribution in [-0.4, -0.2) is 26.3 Å². The Hall–Kier alpha value is -1.53. The molecule has 0 spiro atoms. The van der Waals surface area contributed by atoms with Gasteiger partial charge in [0.05, 0.1) is 10.8 Å². The van der Waals surface area contributed by atoms with E-state index in [9.17, 15) is 4.79 Å². The van der Waals surface area contributed by atoms with Crippen LogP contribution in [0, 0.1) is 5.41 Å². The average Bonchev–Trinajstić information content (AvgIpc) is 3.02. The first-order valence-corrected chi connectivity index (χ1v) is 10.6. The van der Waals surface area contributed by atoms with Gasteiger partial charge in [-0.2, -0.15) is 0 Å². The van der Waals surface area contributed by atoms with Crippen LogP contribution in [0.15, 0.2) is 29.4 Å². The number of Topliss-reactive ketones (excluding diaryl/α,β-unsaturated/α-hetero) is 1. The summed E-state index contributed by atoms with van der Waals surface area (Å²) in [4.78, 5) is 12.3. The van der Waals surface area contributed by atoms with Gasteiger partial charge in [-0.1, -0.05) is 70.1 Å². The van der Waals surface area contributed by atoms with E-state index in [4.69, 9.17) is 16.3 Å². The zero-order chi connectivity index (χ0) is 20.0. The lowest BCUT2D eigenvalue weighted by molar-refractivity contribution is -0.123. The molecule has 0 N–H and O–H groups in total. The monoisotopic (exact) mass is 409 g/mol. The normalized spacial score (nSPS) is 11.8. The van der Waals surface area contributed by atoms with Crippen LogP contribution < -0.4 is 4.74 Å². The number of para-hydroxylation sites is 1. The fourth-order valence-electron chi connectivity index (χ4n) is 2.58. The van der Waals surface area contributed by atoms with E-state index < -0.39 is 0 Å². The molecule has 0 unspecified atom stereocenters. The summed E-state index contributed by atoms with van der Waals surface area (Å²) in [5, 5.41) is 9.99. The van der Waals surface area contributed by atoms with Crippen molar-refractivity contribution in [3.8, 4) is 5.75 Å². The number of nitrogens with zero attached hydrogens (tertiary/aromatic N) is 3. The minimum absolute atomic E-state index is 0.195. The fourth-order valence-corrected chi connectivity index (χ4v) is 3.95. The van der Waals surface area contributed by atoms with E-state index in [1.165, 1.54) is 11.8 Å². The number of carbonyl (C=O) groups excluding carboxylic acids is 1. The molecule has 0 aliphatic carbocycles. The molecule has 0 fully saturated rings. The number of halogens is 1. The summed E-state index contributed by atoms with van der Waals surface area (Å²) in [6, 6.07) is 7.63. The number of aromatic nitrogens is 3. The Kier molecular flexibility index (Phi) is 7.74. The largest absolute Gasteiger partial charge is 0.484 e. The molecule has 27 heavy (non-hydrogen) atoms. The average molecular weight is 410 g/mol. The second-order valence-electron chi connectivity index (χ2n) is 7.42. The highest BCUT2D eigenvalue weighted by atomic mass is 35.5. The van der Waals surface area contributed by atoms with Crippen LogP contribution in [0.5, 0.6) is 5.75 Å². The first kappa shape index (κ1) is 21.8. The van der Waals surface area contributed by atoms with Gasteiger partial charge >= 0.3 is 0 Å². The lowest BCUT2D eigenvalue weighted by Gasteiger charge is -2.20. The number of hydrogen-bond donors (Lipinski definition) is 0. The van der Waals surface area contributed by atoms with E-state index >= 15 is 0 Å². The third-order valence-electron chi connectivity index (χ3n) is 4.41. The van der Waals surface area contributed by atoms with Crippen molar-refractivity contribution in [1.82, 2.24) is 14.8 Å². The molecule has 0 saturated heterocycles. The number of ether oxygens (including phenoxy) is 1. The van der Waals surface area contributed by atoms with E-state index in [0.717, 1.165) is 23.8 Å². The van der Waals surface area contributed by atoms with Crippen LogP contribution >= 0.6 is 23.4 Å². The Morgan fingerprint density at radius 3 is 2.48 bits per heavy atom. The molecule has 7 heteroatoms. The number of thioether (sulfide) groups is 1. The van der Waals surface area contributed by atoms with Gasteiger partial charge in [-0.15, -0.1) is 10.2 Å². The van der Waals surface area contributed by atoms with Gasteiger partial charge in [-0.3, -0.25) is 4.79 Å². The third-order valence-corrected chi connectivity index (χ3v) is 5.66. The minimum Gasteiger partial charge on any atom is -0.484 e. The van der Waals surface area contributed by atoms with Crippen molar-refractivity contribution in [2.24, 2.45) is 5.41 Å². The van der Waals surface area contributed by atoms with Crippen molar-refractivity contribution in [3.05, 3.63) is 35.1 Å². The molecule has 0 bridgehead atoms. The van der Waals surface area contributed by atoms with Crippen molar-refractivity contribution in [2.75, 3.05) is 5.75 Å². The Labute approximate surface area is 170 Å². The summed E-state index contributed by atoms with van der Waals surface area (Å²) in [6.45, 7) is 10.4. The number of rotatable bonds is 9. The molecule has 2 rings (SSSR count). The van der Waals surface area contributed by atoms with E-state index in [2.05, 4.69) is 28.6 Å². The van der Waals surface area contributed by atoms with Crippen LogP contribution in [0.2, 0.25) is 5.02 Å². The molecule has 0 saturated carbocycles. The maximum atomic E-state index is 12.3. The first-order chi connectivity index (χ1) is 12.8. The van der Waals surface area contributed by atoms with Crippen LogP contribution in [0.25, 0.3) is 0 Å². The molecule has 148 valence electrons. The number of benzene rings is 1. The lowest BCUT2D eigenvalue weighted by atomic mass is 9.92. The predicted molar refractivity (Wildman–Crippen MR) is 111 cm³/mol. The third kappa shape index (κ3) is 5.72. The molecule has 0 atom stereocenters. The molecule has 0 aliphatic rings. The standard InChI is InChI=1S/C20H28ClN3O2S/c1-6-14(7-2)24-18(12-26-16-11-9-8-10-15(16)21)22-23-19(24)27-13-17(25)20(3,4)5/h8-11,14H,6-7,12-13H2,1-5H3. The number of ketones is 1. The highest BCUT2D eigenvalue weighted by Gasteiger charge is 2.24. The zero-order valence-electron chi connectivity index (χ0n) is 16.7. The number of carbonyl (C=O) groups is 1. The predicted octanol–water partition coefficient (Wildman–Crippen LogP) is 5.58. The Morgan fingerprint density at radius 1 is 1.22 bits per heavy atom. The summed E-state index contributed by atoms with van der Waals surface area (Å²) in [7, 11) is 0. The Morgan fingerprint density at radius 2 is 1.89 bits per heavy atom. The molecule has 5 nitrogen and oxygen atoms in total. The maximum Gasteiger partial charge on any atom is 0.192 e. The summed E-state index contributed by atoms with van der Waals surface area (Å²) >= 11 is 7.62. The van der Waals surface area contributed by atoms with Gasteiger partial charge in [-0.25, -0.2) is 0 Å². The van der Waals surface area contributed by atoms with E-state index in [0.29, 0.717) is 16.5 Å². The molecule has 1 aromatic heterocycles. The van der Waals surface area contributed by atoms with Crippen LogP contribution in [0.4, 0.5) is 0 Å². The van der Waals surface area contributed by atoms with Crippen molar-refractivity contribution < 1.29 is 9.53 Å². The molecule has 1 aromatic carbocycles. The smallest absolute Gasteiger partial charge is 0.192 e.